The van der Waals surface area contributed by atoms with Gasteiger partial charge in [-0.1, -0.05) is 35.9 Å². The van der Waals surface area contributed by atoms with Crippen LogP contribution in [0.4, 0.5) is 4.39 Å². The molecule has 0 aliphatic carbocycles. The largest absolute Gasteiger partial charge is 0.489 e. The van der Waals surface area contributed by atoms with Crippen molar-refractivity contribution in [3.63, 3.8) is 0 Å². The van der Waals surface area contributed by atoms with E-state index in [9.17, 15) is 14.0 Å². The van der Waals surface area contributed by atoms with Crippen molar-refractivity contribution in [3.8, 4) is 17.1 Å². The Balaban J connectivity index is 1.30. The van der Waals surface area contributed by atoms with Crippen LogP contribution in [0.2, 0.25) is 5.02 Å². The van der Waals surface area contributed by atoms with Crippen LogP contribution >= 0.6 is 11.6 Å². The van der Waals surface area contributed by atoms with E-state index >= 15 is 0 Å². The van der Waals surface area contributed by atoms with Gasteiger partial charge in [0.2, 0.25) is 5.91 Å². The molecule has 9 heteroatoms. The first-order valence-electron chi connectivity index (χ1n) is 10.9. The van der Waals surface area contributed by atoms with E-state index in [1.165, 1.54) is 12.1 Å². The number of ether oxygens (including phenoxy) is 1. The van der Waals surface area contributed by atoms with Crippen LogP contribution < -0.4 is 15.6 Å². The second kappa shape index (κ2) is 11.4. The molecule has 4 rings (SSSR count). The highest BCUT2D eigenvalue weighted by molar-refractivity contribution is 6.30. The second-order valence-corrected chi connectivity index (χ2v) is 8.24. The Kier molecular flexibility index (Phi) is 7.84. The average molecular weight is 493 g/mol. The Bertz CT molecular complexity index is 1380. The molecule has 0 atom stereocenters. The van der Waals surface area contributed by atoms with E-state index in [0.717, 1.165) is 5.56 Å². The standard InChI is InChI=1S/C26H22ClFN4O3/c27-20-5-1-4-18(13-20)16-35-22-9-7-19(8-10-22)25-30-26(34)23(31-32-25)11-12-24(33)29-15-17-3-2-6-21(28)14-17/h1-10,13-14H,11-12,15-16H2,(H,29,33)(H,30,32,34). The summed E-state index contributed by atoms with van der Waals surface area (Å²) in [6, 6.07) is 20.5. The van der Waals surface area contributed by atoms with Crippen LogP contribution in [-0.4, -0.2) is 21.1 Å². The van der Waals surface area contributed by atoms with E-state index in [0.29, 0.717) is 34.3 Å². The normalized spacial score (nSPS) is 10.7. The first kappa shape index (κ1) is 24.1. The molecular formula is C26H22ClFN4O3. The lowest BCUT2D eigenvalue weighted by atomic mass is 10.2. The van der Waals surface area contributed by atoms with E-state index in [1.807, 2.05) is 18.2 Å². The predicted molar refractivity (Wildman–Crippen MR) is 130 cm³/mol. The van der Waals surface area contributed by atoms with Crippen molar-refractivity contribution in [2.45, 2.75) is 26.0 Å². The lowest BCUT2D eigenvalue weighted by Gasteiger charge is -2.08. The molecule has 7 nitrogen and oxygen atoms in total. The molecule has 1 heterocycles. The smallest absolute Gasteiger partial charge is 0.273 e. The van der Waals surface area contributed by atoms with Gasteiger partial charge in [0.25, 0.3) is 5.56 Å². The van der Waals surface area contributed by atoms with Crippen molar-refractivity contribution in [2.75, 3.05) is 0 Å². The number of benzene rings is 3. The number of aryl methyl sites for hydroxylation is 1. The van der Waals surface area contributed by atoms with Crippen LogP contribution in [-0.2, 0) is 24.4 Å². The van der Waals surface area contributed by atoms with Gasteiger partial charge in [0, 0.05) is 30.0 Å². The van der Waals surface area contributed by atoms with E-state index in [-0.39, 0.29) is 36.8 Å². The fourth-order valence-corrected chi connectivity index (χ4v) is 3.54. The van der Waals surface area contributed by atoms with Crippen molar-refractivity contribution < 1.29 is 13.9 Å². The molecule has 1 aromatic heterocycles. The number of aromatic nitrogens is 3. The highest BCUT2D eigenvalue weighted by Crippen LogP contribution is 2.20. The molecule has 0 radical (unpaired) electrons. The maximum atomic E-state index is 13.2. The number of carbonyl (C=O) groups is 1. The van der Waals surface area contributed by atoms with Gasteiger partial charge in [-0.3, -0.25) is 9.59 Å². The van der Waals surface area contributed by atoms with Crippen LogP contribution in [0.1, 0.15) is 23.2 Å². The summed E-state index contributed by atoms with van der Waals surface area (Å²) in [5, 5.41) is 11.4. The molecule has 0 saturated heterocycles. The summed E-state index contributed by atoms with van der Waals surface area (Å²) in [6.45, 7) is 0.581. The second-order valence-electron chi connectivity index (χ2n) is 7.80. The molecule has 35 heavy (non-hydrogen) atoms. The fraction of sp³-hybridized carbons (Fsp3) is 0.154. The summed E-state index contributed by atoms with van der Waals surface area (Å²) in [7, 11) is 0. The summed E-state index contributed by atoms with van der Waals surface area (Å²) < 4.78 is 19.0. The van der Waals surface area contributed by atoms with Gasteiger partial charge >= 0.3 is 0 Å². The molecule has 178 valence electrons. The third kappa shape index (κ3) is 6.97. The first-order chi connectivity index (χ1) is 17.0. The number of aromatic amines is 1. The molecule has 2 N–H and O–H groups in total. The fourth-order valence-electron chi connectivity index (χ4n) is 3.32. The average Bonchev–Trinajstić information content (AvgIpc) is 2.86. The van der Waals surface area contributed by atoms with Crippen molar-refractivity contribution >= 4 is 17.5 Å². The number of nitrogens with one attached hydrogen (secondary N) is 2. The van der Waals surface area contributed by atoms with Crippen LogP contribution in [0.5, 0.6) is 5.75 Å². The summed E-state index contributed by atoms with van der Waals surface area (Å²) >= 11 is 5.99. The van der Waals surface area contributed by atoms with Crippen molar-refractivity contribution in [2.24, 2.45) is 0 Å². The van der Waals surface area contributed by atoms with Gasteiger partial charge < -0.3 is 15.0 Å². The maximum Gasteiger partial charge on any atom is 0.273 e. The molecule has 0 bridgehead atoms. The third-order valence-corrected chi connectivity index (χ3v) is 5.39. The Morgan fingerprint density at radius 2 is 1.77 bits per heavy atom. The zero-order chi connectivity index (χ0) is 24.6. The van der Waals surface area contributed by atoms with Gasteiger partial charge in [0.15, 0.2) is 5.82 Å². The third-order valence-electron chi connectivity index (χ3n) is 5.15. The number of carbonyl (C=O) groups excluding carboxylic acids is 1. The topological polar surface area (TPSA) is 97.0 Å². The Hall–Kier alpha value is -4.04. The van der Waals surface area contributed by atoms with Crippen LogP contribution in [0.25, 0.3) is 11.4 Å². The minimum absolute atomic E-state index is 0.0606. The van der Waals surface area contributed by atoms with Crippen molar-refractivity contribution in [1.82, 2.24) is 20.5 Å². The quantitative estimate of drug-likeness (QED) is 0.360. The molecule has 1 amide bonds. The van der Waals surface area contributed by atoms with Gasteiger partial charge in [-0.2, -0.15) is 0 Å². The molecule has 4 aromatic rings. The van der Waals surface area contributed by atoms with Crippen molar-refractivity contribution in [3.05, 3.63) is 111 Å². The maximum absolute atomic E-state index is 13.2. The molecular weight excluding hydrogens is 471 g/mol. The molecule has 0 fully saturated rings. The minimum Gasteiger partial charge on any atom is -0.489 e. The van der Waals surface area contributed by atoms with Gasteiger partial charge in [0.1, 0.15) is 23.9 Å². The summed E-state index contributed by atoms with van der Waals surface area (Å²) in [4.78, 5) is 27.2. The number of hydrogen-bond acceptors (Lipinski definition) is 5. The van der Waals surface area contributed by atoms with Gasteiger partial charge in [-0.25, -0.2) is 4.39 Å². The Labute approximate surface area is 206 Å². The van der Waals surface area contributed by atoms with Crippen LogP contribution in [0.15, 0.2) is 77.6 Å². The molecule has 0 saturated carbocycles. The number of nitrogens with zero attached hydrogens (tertiary/aromatic N) is 2. The summed E-state index contributed by atoms with van der Waals surface area (Å²) in [6.07, 6.45) is 0.193. The minimum atomic E-state index is -0.408. The predicted octanol–water partition coefficient (Wildman–Crippen LogP) is 4.45. The Morgan fingerprint density at radius 3 is 2.51 bits per heavy atom. The SMILES string of the molecule is O=C(CCc1nnc(-c2ccc(OCc3cccc(Cl)c3)cc2)[nH]c1=O)NCc1cccc(F)c1. The lowest BCUT2D eigenvalue weighted by Crippen LogP contribution is -2.25. The number of amides is 1. The molecule has 0 aliphatic heterocycles. The highest BCUT2D eigenvalue weighted by Gasteiger charge is 2.10. The summed E-state index contributed by atoms with van der Waals surface area (Å²) in [5.41, 5.74) is 2.03. The zero-order valence-electron chi connectivity index (χ0n) is 18.6. The van der Waals surface area contributed by atoms with E-state index in [2.05, 4.69) is 20.5 Å². The number of H-pyrrole nitrogens is 1. The van der Waals surface area contributed by atoms with Crippen LogP contribution in [0.3, 0.4) is 0 Å². The number of hydrogen-bond donors (Lipinski definition) is 2. The van der Waals surface area contributed by atoms with E-state index in [1.54, 1.807) is 42.5 Å². The number of rotatable bonds is 9. The van der Waals surface area contributed by atoms with Crippen molar-refractivity contribution in [1.29, 1.82) is 0 Å². The highest BCUT2D eigenvalue weighted by atomic mass is 35.5. The van der Waals surface area contributed by atoms with Gasteiger partial charge in [-0.05, 0) is 59.7 Å². The zero-order valence-corrected chi connectivity index (χ0v) is 19.4. The molecule has 0 aliphatic rings. The van der Waals surface area contributed by atoms with E-state index in [4.69, 9.17) is 16.3 Å². The monoisotopic (exact) mass is 492 g/mol. The number of halogens is 2. The Morgan fingerprint density at radius 1 is 1.00 bits per heavy atom. The molecule has 0 unspecified atom stereocenters. The summed E-state index contributed by atoms with van der Waals surface area (Å²) in [5.74, 6) is 0.340. The molecule has 3 aromatic carbocycles. The lowest BCUT2D eigenvalue weighted by molar-refractivity contribution is -0.121. The van der Waals surface area contributed by atoms with Crippen LogP contribution in [0, 0.1) is 5.82 Å². The van der Waals surface area contributed by atoms with Gasteiger partial charge in [0.05, 0.1) is 0 Å². The molecule has 0 spiro atoms. The van der Waals surface area contributed by atoms with E-state index < -0.39 is 5.56 Å². The van der Waals surface area contributed by atoms with Gasteiger partial charge in [-0.15, -0.1) is 10.2 Å². The first-order valence-corrected chi connectivity index (χ1v) is 11.3.